The topological polar surface area (TPSA) is 69.6 Å². The fourth-order valence-corrected chi connectivity index (χ4v) is 2.62. The fourth-order valence-electron chi connectivity index (χ4n) is 2.62. The van der Waals surface area contributed by atoms with Crippen LogP contribution in [0.2, 0.25) is 0 Å². The first-order valence-corrected chi connectivity index (χ1v) is 6.80. The van der Waals surface area contributed by atoms with Gasteiger partial charge in [-0.05, 0) is 39.0 Å². The molecule has 0 spiro atoms. The van der Waals surface area contributed by atoms with Crippen LogP contribution >= 0.6 is 0 Å². The number of nitrogens with zero attached hydrogens (tertiary/aromatic N) is 1. The number of aliphatic carboxylic acids is 1. The smallest absolute Gasteiger partial charge is 0.317 e. The summed E-state index contributed by atoms with van der Waals surface area (Å²) in [6, 6.07) is -0.284. The predicted molar refractivity (Wildman–Crippen MR) is 67.6 cm³/mol. The average molecular weight is 272 g/mol. The van der Waals surface area contributed by atoms with Crippen LogP contribution in [-0.2, 0) is 4.79 Å². The zero-order valence-corrected chi connectivity index (χ0v) is 11.2. The second-order valence-electron chi connectivity index (χ2n) is 6.02. The number of hydrogen-bond acceptors (Lipinski definition) is 2. The normalized spacial score (nSPS) is 28.8. The molecule has 2 fully saturated rings. The van der Waals surface area contributed by atoms with Gasteiger partial charge in [0.05, 0.1) is 5.41 Å². The minimum atomic E-state index is -1.09. The molecule has 2 rings (SSSR count). The lowest BCUT2D eigenvalue weighted by atomic mass is 9.80. The molecule has 1 aliphatic heterocycles. The van der Waals surface area contributed by atoms with Gasteiger partial charge in [0, 0.05) is 19.6 Å². The molecule has 1 atom stereocenters. The number of carbonyl (C=O) groups is 2. The minimum absolute atomic E-state index is 0.217. The Balaban J connectivity index is 1.74. The zero-order chi connectivity index (χ0) is 14.1. The van der Waals surface area contributed by atoms with E-state index in [-0.39, 0.29) is 12.6 Å². The van der Waals surface area contributed by atoms with Gasteiger partial charge in [-0.15, -0.1) is 0 Å². The van der Waals surface area contributed by atoms with Crippen molar-refractivity contribution in [2.75, 3.05) is 19.6 Å². The van der Waals surface area contributed by atoms with Crippen molar-refractivity contribution in [2.24, 2.45) is 5.41 Å². The highest BCUT2D eigenvalue weighted by Gasteiger charge is 2.42. The molecule has 1 saturated heterocycles. The average Bonchev–Trinajstić information content (AvgIpc) is 2.71. The minimum Gasteiger partial charge on any atom is -0.481 e. The van der Waals surface area contributed by atoms with Crippen molar-refractivity contribution >= 4 is 12.0 Å². The Hall–Kier alpha value is -1.33. The molecular formula is C13H21FN2O3. The Morgan fingerprint density at radius 1 is 1.37 bits per heavy atom. The largest absolute Gasteiger partial charge is 0.481 e. The zero-order valence-electron chi connectivity index (χ0n) is 11.2. The summed E-state index contributed by atoms with van der Waals surface area (Å²) in [6.45, 7) is 2.62. The number of likely N-dealkylation sites (tertiary alicyclic amines) is 1. The Bertz CT molecular complexity index is 384. The van der Waals surface area contributed by atoms with Crippen LogP contribution in [-0.4, -0.2) is 47.3 Å². The number of rotatable bonds is 4. The lowest BCUT2D eigenvalue weighted by molar-refractivity contribution is -0.146. The molecule has 0 aromatic rings. The second kappa shape index (κ2) is 4.98. The summed E-state index contributed by atoms with van der Waals surface area (Å²) >= 11 is 0. The fraction of sp³-hybridized carbons (Fsp3) is 0.846. The molecule has 19 heavy (non-hydrogen) atoms. The summed E-state index contributed by atoms with van der Waals surface area (Å²) in [6.07, 6.45) is 2.91. The van der Waals surface area contributed by atoms with Gasteiger partial charge in [0.25, 0.3) is 0 Å². The first kappa shape index (κ1) is 14.1. The van der Waals surface area contributed by atoms with Gasteiger partial charge in [0.15, 0.2) is 0 Å². The Morgan fingerprint density at radius 3 is 2.53 bits per heavy atom. The molecule has 1 saturated carbocycles. The molecule has 0 bridgehead atoms. The maximum absolute atomic E-state index is 13.7. The molecular weight excluding hydrogens is 251 g/mol. The first-order valence-electron chi connectivity index (χ1n) is 6.80. The SMILES string of the molecule is CC1(C(=O)O)CCN(C(=O)NCCC2(F)CCC2)C1. The van der Waals surface area contributed by atoms with E-state index in [0.717, 1.165) is 6.42 Å². The van der Waals surface area contributed by atoms with E-state index < -0.39 is 17.1 Å². The van der Waals surface area contributed by atoms with Crippen molar-refractivity contribution in [1.29, 1.82) is 0 Å². The number of carboxylic acid groups (broad SMARTS) is 1. The quantitative estimate of drug-likeness (QED) is 0.819. The number of urea groups is 1. The van der Waals surface area contributed by atoms with E-state index in [1.54, 1.807) is 6.92 Å². The highest BCUT2D eigenvalue weighted by molar-refractivity contribution is 5.79. The van der Waals surface area contributed by atoms with Gasteiger partial charge >= 0.3 is 12.0 Å². The van der Waals surface area contributed by atoms with E-state index in [1.165, 1.54) is 4.90 Å². The number of alkyl halides is 1. The highest BCUT2D eigenvalue weighted by atomic mass is 19.1. The molecule has 0 aromatic carbocycles. The summed E-state index contributed by atoms with van der Waals surface area (Å²) in [4.78, 5) is 24.4. The van der Waals surface area contributed by atoms with Crippen molar-refractivity contribution in [3.63, 3.8) is 0 Å². The van der Waals surface area contributed by atoms with Crippen LogP contribution in [0.15, 0.2) is 0 Å². The molecule has 1 aliphatic carbocycles. The number of hydrogen-bond donors (Lipinski definition) is 2. The lowest BCUT2D eigenvalue weighted by Gasteiger charge is -2.34. The molecule has 2 amide bonds. The van der Waals surface area contributed by atoms with E-state index in [0.29, 0.717) is 38.8 Å². The second-order valence-corrected chi connectivity index (χ2v) is 6.02. The number of carbonyl (C=O) groups excluding carboxylic acids is 1. The van der Waals surface area contributed by atoms with E-state index in [4.69, 9.17) is 5.11 Å². The van der Waals surface area contributed by atoms with Gasteiger partial charge in [-0.2, -0.15) is 0 Å². The van der Waals surface area contributed by atoms with Crippen molar-refractivity contribution < 1.29 is 19.1 Å². The molecule has 2 aliphatic rings. The Kier molecular flexibility index (Phi) is 3.69. The van der Waals surface area contributed by atoms with E-state index >= 15 is 0 Å². The van der Waals surface area contributed by atoms with Crippen molar-refractivity contribution in [1.82, 2.24) is 10.2 Å². The molecule has 5 nitrogen and oxygen atoms in total. The lowest BCUT2D eigenvalue weighted by Crippen LogP contribution is -2.43. The van der Waals surface area contributed by atoms with Gasteiger partial charge in [-0.25, -0.2) is 9.18 Å². The summed E-state index contributed by atoms with van der Waals surface area (Å²) in [5.74, 6) is -0.875. The summed E-state index contributed by atoms with van der Waals surface area (Å²) in [7, 11) is 0. The highest BCUT2D eigenvalue weighted by Crippen LogP contribution is 2.38. The van der Waals surface area contributed by atoms with E-state index in [1.807, 2.05) is 0 Å². The summed E-state index contributed by atoms with van der Waals surface area (Å²) in [5, 5.41) is 11.8. The predicted octanol–water partition coefficient (Wildman–Crippen LogP) is 1.77. The molecule has 108 valence electrons. The molecule has 0 radical (unpaired) electrons. The molecule has 6 heteroatoms. The number of halogens is 1. The van der Waals surface area contributed by atoms with Crippen molar-refractivity contribution in [3.8, 4) is 0 Å². The first-order chi connectivity index (χ1) is 8.85. The van der Waals surface area contributed by atoms with Gasteiger partial charge in [0.1, 0.15) is 5.67 Å². The third-order valence-electron chi connectivity index (χ3n) is 4.38. The van der Waals surface area contributed by atoms with Crippen LogP contribution in [0, 0.1) is 5.41 Å². The van der Waals surface area contributed by atoms with Crippen LogP contribution in [0.25, 0.3) is 0 Å². The molecule has 0 aromatic heterocycles. The van der Waals surface area contributed by atoms with Gasteiger partial charge in [0.2, 0.25) is 0 Å². The van der Waals surface area contributed by atoms with Crippen LogP contribution in [0.4, 0.5) is 9.18 Å². The molecule has 2 N–H and O–H groups in total. The van der Waals surface area contributed by atoms with E-state index in [9.17, 15) is 14.0 Å². The molecule has 1 heterocycles. The van der Waals surface area contributed by atoms with Crippen LogP contribution in [0.1, 0.15) is 39.0 Å². The standard InChI is InChI=1S/C13H21FN2O3/c1-12(10(17)18)6-8-16(9-12)11(19)15-7-5-13(14)3-2-4-13/h2-9H2,1H3,(H,15,19)(H,17,18). The van der Waals surface area contributed by atoms with Gasteiger partial charge in [-0.3, -0.25) is 4.79 Å². The van der Waals surface area contributed by atoms with Crippen LogP contribution < -0.4 is 5.32 Å². The molecule has 1 unspecified atom stereocenters. The Labute approximate surface area is 112 Å². The number of carboxylic acids is 1. The van der Waals surface area contributed by atoms with Crippen molar-refractivity contribution in [2.45, 2.75) is 44.7 Å². The monoisotopic (exact) mass is 272 g/mol. The van der Waals surface area contributed by atoms with Crippen LogP contribution in [0.3, 0.4) is 0 Å². The van der Waals surface area contributed by atoms with Crippen LogP contribution in [0.5, 0.6) is 0 Å². The number of nitrogens with one attached hydrogen (secondary N) is 1. The third-order valence-corrected chi connectivity index (χ3v) is 4.38. The van der Waals surface area contributed by atoms with Gasteiger partial charge < -0.3 is 15.3 Å². The Morgan fingerprint density at radius 2 is 2.05 bits per heavy atom. The van der Waals surface area contributed by atoms with Crippen molar-refractivity contribution in [3.05, 3.63) is 0 Å². The maximum Gasteiger partial charge on any atom is 0.317 e. The maximum atomic E-state index is 13.7. The third kappa shape index (κ3) is 2.98. The van der Waals surface area contributed by atoms with Gasteiger partial charge in [-0.1, -0.05) is 0 Å². The summed E-state index contributed by atoms with van der Waals surface area (Å²) in [5.41, 5.74) is -1.94. The summed E-state index contributed by atoms with van der Waals surface area (Å²) < 4.78 is 13.7. The number of amides is 2. The van der Waals surface area contributed by atoms with E-state index in [2.05, 4.69) is 5.32 Å².